The Kier molecular flexibility index (Phi) is 4.32. The molecule has 0 saturated heterocycles. The summed E-state index contributed by atoms with van der Waals surface area (Å²) in [6.07, 6.45) is 3.17. The summed E-state index contributed by atoms with van der Waals surface area (Å²) in [7, 11) is 0. The Hall–Kier alpha value is -2.12. The Bertz CT molecular complexity index is 625. The van der Waals surface area contributed by atoms with Gasteiger partial charge in [-0.05, 0) is 23.8 Å². The summed E-state index contributed by atoms with van der Waals surface area (Å²) in [4.78, 5) is 4.03. The quantitative estimate of drug-likeness (QED) is 0.857. The lowest BCUT2D eigenvalue weighted by atomic mass is 10.1. The van der Waals surface area contributed by atoms with Crippen molar-refractivity contribution in [2.45, 2.75) is 0 Å². The van der Waals surface area contributed by atoms with Crippen LogP contribution in [0.5, 0.6) is 5.75 Å². The molecule has 5 heteroatoms. The molecule has 0 unspecified atom stereocenters. The average molecular weight is 277 g/mol. The summed E-state index contributed by atoms with van der Waals surface area (Å²) in [5, 5.41) is 9.20. The van der Waals surface area contributed by atoms with Crippen LogP contribution in [0.1, 0.15) is 5.56 Å². The predicted octanol–water partition coefficient (Wildman–Crippen LogP) is 3.62. The molecular weight excluding hydrogens is 267 g/mol. The fraction of sp³-hybridized carbons (Fsp3) is 0.143. The number of pyridine rings is 1. The van der Waals surface area contributed by atoms with Crippen molar-refractivity contribution in [1.82, 2.24) is 4.98 Å². The lowest BCUT2D eigenvalue weighted by molar-refractivity contribution is 0.272. The summed E-state index contributed by atoms with van der Waals surface area (Å²) in [5.74, 6) is 0.496. The second-order valence-electron chi connectivity index (χ2n) is 3.75. The number of halogens is 2. The minimum absolute atomic E-state index is 0.000734. The first-order chi connectivity index (χ1) is 9.24. The molecule has 1 aromatic carbocycles. The zero-order valence-electron chi connectivity index (χ0n) is 9.94. The Balaban J connectivity index is 2.31. The van der Waals surface area contributed by atoms with Crippen molar-refractivity contribution in [3.8, 4) is 22.9 Å². The van der Waals surface area contributed by atoms with E-state index >= 15 is 0 Å². The van der Waals surface area contributed by atoms with E-state index in [1.165, 1.54) is 6.20 Å². The molecule has 0 bridgehead atoms. The van der Waals surface area contributed by atoms with Gasteiger partial charge < -0.3 is 4.74 Å². The van der Waals surface area contributed by atoms with E-state index in [1.807, 2.05) is 6.07 Å². The maximum Gasteiger partial charge on any atom is 0.138 e. The highest BCUT2D eigenvalue weighted by atomic mass is 35.5. The van der Waals surface area contributed by atoms with Crippen LogP contribution in [0.2, 0.25) is 5.02 Å². The topological polar surface area (TPSA) is 45.9 Å². The predicted molar refractivity (Wildman–Crippen MR) is 70.9 cm³/mol. The molecule has 1 aromatic heterocycles. The molecule has 0 amide bonds. The van der Waals surface area contributed by atoms with Gasteiger partial charge in [0, 0.05) is 11.8 Å². The molecule has 0 radical (unpaired) electrons. The van der Waals surface area contributed by atoms with Crippen LogP contribution in [0.15, 0.2) is 36.7 Å². The summed E-state index contributed by atoms with van der Waals surface area (Å²) in [5.41, 5.74) is 2.04. The molecule has 0 saturated carbocycles. The van der Waals surface area contributed by atoms with Crippen molar-refractivity contribution >= 4 is 11.6 Å². The average Bonchev–Trinajstić information content (AvgIpc) is 2.45. The summed E-state index contributed by atoms with van der Waals surface area (Å²) in [6, 6.07) is 8.86. The number of nitrogens with zero attached hydrogens (tertiary/aromatic N) is 2. The third-order valence-electron chi connectivity index (χ3n) is 2.48. The van der Waals surface area contributed by atoms with E-state index in [4.69, 9.17) is 21.6 Å². The van der Waals surface area contributed by atoms with Crippen molar-refractivity contribution in [1.29, 1.82) is 5.26 Å². The van der Waals surface area contributed by atoms with Crippen LogP contribution in [0.4, 0.5) is 4.39 Å². The maximum absolute atomic E-state index is 12.0. The van der Waals surface area contributed by atoms with E-state index in [0.29, 0.717) is 16.3 Å². The monoisotopic (exact) mass is 276 g/mol. The van der Waals surface area contributed by atoms with Crippen molar-refractivity contribution < 1.29 is 9.13 Å². The van der Waals surface area contributed by atoms with Gasteiger partial charge in [0.25, 0.3) is 0 Å². The fourth-order valence-corrected chi connectivity index (χ4v) is 1.82. The first kappa shape index (κ1) is 13.3. The molecule has 0 fully saturated rings. The molecule has 1 heterocycles. The number of nitriles is 1. The summed E-state index contributed by atoms with van der Waals surface area (Å²) < 4.78 is 17.2. The van der Waals surface area contributed by atoms with Gasteiger partial charge in [-0.2, -0.15) is 5.26 Å². The molecule has 3 nitrogen and oxygen atoms in total. The molecule has 0 atom stereocenters. The first-order valence-electron chi connectivity index (χ1n) is 5.58. The van der Waals surface area contributed by atoms with Gasteiger partial charge in [0.15, 0.2) is 0 Å². The molecule has 2 aromatic rings. The zero-order chi connectivity index (χ0) is 13.7. The third-order valence-corrected chi connectivity index (χ3v) is 2.79. The minimum Gasteiger partial charge on any atom is -0.489 e. The molecule has 0 spiro atoms. The van der Waals surface area contributed by atoms with Crippen molar-refractivity contribution in [2.24, 2.45) is 0 Å². The van der Waals surface area contributed by atoms with Gasteiger partial charge in [0.05, 0.1) is 16.8 Å². The van der Waals surface area contributed by atoms with E-state index in [-0.39, 0.29) is 6.61 Å². The van der Waals surface area contributed by atoms with Crippen LogP contribution in [0, 0.1) is 11.3 Å². The highest BCUT2D eigenvalue weighted by molar-refractivity contribution is 6.32. The van der Waals surface area contributed by atoms with Crippen LogP contribution >= 0.6 is 11.6 Å². The molecule has 19 heavy (non-hydrogen) atoms. The molecule has 0 aliphatic rings. The van der Waals surface area contributed by atoms with Crippen molar-refractivity contribution in [3.63, 3.8) is 0 Å². The van der Waals surface area contributed by atoms with Gasteiger partial charge in [-0.1, -0.05) is 17.7 Å². The minimum atomic E-state index is -0.549. The number of rotatable bonds is 4. The van der Waals surface area contributed by atoms with Crippen LogP contribution in [-0.4, -0.2) is 18.3 Å². The maximum atomic E-state index is 12.0. The highest BCUT2D eigenvalue weighted by Gasteiger charge is 2.05. The fourth-order valence-electron chi connectivity index (χ4n) is 1.60. The standard InChI is InChI=1S/C14H10ClFN2O/c15-14-6-10(1-2-11(14)7-17)12-5-13(9-18-8-12)19-4-3-16/h1-2,5-6,8-9H,3-4H2. The highest BCUT2D eigenvalue weighted by Crippen LogP contribution is 2.27. The third kappa shape index (κ3) is 3.21. The number of aromatic nitrogens is 1. The number of ether oxygens (including phenoxy) is 1. The lowest BCUT2D eigenvalue weighted by Crippen LogP contribution is -1.99. The second kappa shape index (κ2) is 6.17. The molecule has 0 aliphatic heterocycles. The Morgan fingerprint density at radius 1 is 1.26 bits per heavy atom. The molecule has 0 N–H and O–H groups in total. The largest absolute Gasteiger partial charge is 0.489 e. The lowest BCUT2D eigenvalue weighted by Gasteiger charge is -2.06. The van der Waals surface area contributed by atoms with E-state index in [9.17, 15) is 4.39 Å². The number of hydrogen-bond donors (Lipinski definition) is 0. The number of hydrogen-bond acceptors (Lipinski definition) is 3. The summed E-state index contributed by atoms with van der Waals surface area (Å²) >= 11 is 5.98. The normalized spacial score (nSPS) is 9.95. The van der Waals surface area contributed by atoms with E-state index in [1.54, 1.807) is 30.5 Å². The van der Waals surface area contributed by atoms with E-state index < -0.39 is 6.67 Å². The SMILES string of the molecule is N#Cc1ccc(-c2cncc(OCCF)c2)cc1Cl. The van der Waals surface area contributed by atoms with Gasteiger partial charge in [-0.3, -0.25) is 4.98 Å². The number of alkyl halides is 1. The summed E-state index contributed by atoms with van der Waals surface area (Å²) in [6.45, 7) is -0.549. The first-order valence-corrected chi connectivity index (χ1v) is 5.96. The van der Waals surface area contributed by atoms with Crippen molar-refractivity contribution in [2.75, 3.05) is 13.3 Å². The van der Waals surface area contributed by atoms with Gasteiger partial charge in [-0.25, -0.2) is 4.39 Å². The van der Waals surface area contributed by atoms with Crippen LogP contribution in [0.3, 0.4) is 0 Å². The Labute approximate surface area is 115 Å². The van der Waals surface area contributed by atoms with Gasteiger partial charge in [0.2, 0.25) is 0 Å². The van der Waals surface area contributed by atoms with E-state index in [0.717, 1.165) is 11.1 Å². The second-order valence-corrected chi connectivity index (χ2v) is 4.16. The number of benzene rings is 1. The molecule has 96 valence electrons. The van der Waals surface area contributed by atoms with Gasteiger partial charge in [-0.15, -0.1) is 0 Å². The van der Waals surface area contributed by atoms with Crippen LogP contribution in [0.25, 0.3) is 11.1 Å². The van der Waals surface area contributed by atoms with Crippen LogP contribution < -0.4 is 4.74 Å². The van der Waals surface area contributed by atoms with Crippen LogP contribution in [-0.2, 0) is 0 Å². The van der Waals surface area contributed by atoms with E-state index in [2.05, 4.69) is 4.98 Å². The molecular formula is C14H10ClFN2O. The molecule has 0 aliphatic carbocycles. The zero-order valence-corrected chi connectivity index (χ0v) is 10.7. The van der Waals surface area contributed by atoms with Crippen molar-refractivity contribution in [3.05, 3.63) is 47.2 Å². The van der Waals surface area contributed by atoms with Gasteiger partial charge in [0.1, 0.15) is 25.1 Å². The van der Waals surface area contributed by atoms with Gasteiger partial charge >= 0.3 is 0 Å². The Morgan fingerprint density at radius 2 is 2.11 bits per heavy atom. The Morgan fingerprint density at radius 3 is 2.79 bits per heavy atom. The molecule has 2 rings (SSSR count). The smallest absolute Gasteiger partial charge is 0.138 e.